The van der Waals surface area contributed by atoms with Gasteiger partial charge in [0.25, 0.3) is 5.91 Å². The Labute approximate surface area is 176 Å². The zero-order chi connectivity index (χ0) is 22.0. The number of allylic oxidation sites excluding steroid dienone is 1. The normalized spacial score (nSPS) is 20.8. The first-order valence-electron chi connectivity index (χ1n) is 9.84. The van der Waals surface area contributed by atoms with E-state index in [-0.39, 0.29) is 36.0 Å². The van der Waals surface area contributed by atoms with E-state index in [0.29, 0.717) is 17.9 Å². The maximum absolute atomic E-state index is 14.0. The Hall–Kier alpha value is -3.30. The molecule has 1 saturated heterocycles. The van der Waals surface area contributed by atoms with Crippen LogP contribution in [-0.2, 0) is 4.74 Å². The summed E-state index contributed by atoms with van der Waals surface area (Å²) in [6.07, 6.45) is 2.89. The summed E-state index contributed by atoms with van der Waals surface area (Å²) in [6, 6.07) is 2.65. The van der Waals surface area contributed by atoms with Gasteiger partial charge in [0.2, 0.25) is 5.88 Å². The molecular weight excluding hydrogens is 413 g/mol. The number of nitrogens with one attached hydrogen (secondary N) is 1. The van der Waals surface area contributed by atoms with E-state index in [9.17, 15) is 18.0 Å². The van der Waals surface area contributed by atoms with E-state index in [0.717, 1.165) is 18.9 Å². The van der Waals surface area contributed by atoms with Gasteiger partial charge in [0.15, 0.2) is 24.0 Å². The molecule has 2 aromatic rings. The minimum absolute atomic E-state index is 0.0502. The Kier molecular flexibility index (Phi) is 5.97. The highest BCUT2D eigenvalue weighted by Crippen LogP contribution is 2.36. The SMILES string of the molecule is COc1ncc(C(=O)Nc2c(C3=CCCCO3)ccnc2N2C[C@@H](F)[C@@H](F)C2)cc1F. The number of amides is 1. The maximum Gasteiger partial charge on any atom is 0.257 e. The average molecular weight is 434 g/mol. The molecule has 1 amide bonds. The van der Waals surface area contributed by atoms with Gasteiger partial charge in [0, 0.05) is 18.0 Å². The zero-order valence-corrected chi connectivity index (χ0v) is 16.8. The Morgan fingerprint density at radius 3 is 2.71 bits per heavy atom. The first kappa shape index (κ1) is 21.0. The lowest BCUT2D eigenvalue weighted by Crippen LogP contribution is -2.25. The van der Waals surface area contributed by atoms with Crippen molar-refractivity contribution in [1.29, 1.82) is 0 Å². The lowest BCUT2D eigenvalue weighted by molar-refractivity contribution is 0.102. The van der Waals surface area contributed by atoms with Crippen LogP contribution in [0.2, 0.25) is 0 Å². The fourth-order valence-corrected chi connectivity index (χ4v) is 3.55. The molecule has 1 N–H and O–H groups in total. The summed E-state index contributed by atoms with van der Waals surface area (Å²) in [6.45, 7) is 0.117. The molecule has 0 aromatic carbocycles. The lowest BCUT2D eigenvalue weighted by Gasteiger charge is -2.24. The van der Waals surface area contributed by atoms with Gasteiger partial charge in [-0.25, -0.2) is 23.1 Å². The van der Waals surface area contributed by atoms with Crippen molar-refractivity contribution < 1.29 is 27.4 Å². The second kappa shape index (κ2) is 8.83. The molecule has 7 nitrogen and oxygen atoms in total. The van der Waals surface area contributed by atoms with Crippen molar-refractivity contribution in [1.82, 2.24) is 9.97 Å². The number of halogens is 3. The van der Waals surface area contributed by atoms with Crippen LogP contribution >= 0.6 is 0 Å². The summed E-state index contributed by atoms with van der Waals surface area (Å²) in [5, 5.41) is 2.71. The fourth-order valence-electron chi connectivity index (χ4n) is 3.55. The minimum Gasteiger partial charge on any atom is -0.493 e. The van der Waals surface area contributed by atoms with Gasteiger partial charge in [0.05, 0.1) is 38.1 Å². The van der Waals surface area contributed by atoms with Crippen molar-refractivity contribution in [3.05, 3.63) is 47.5 Å². The van der Waals surface area contributed by atoms with E-state index >= 15 is 0 Å². The third-order valence-corrected chi connectivity index (χ3v) is 5.12. The molecule has 2 aromatic heterocycles. The number of ether oxygens (including phenoxy) is 2. The second-order valence-corrected chi connectivity index (χ2v) is 7.22. The number of alkyl halides is 2. The number of nitrogens with zero attached hydrogens (tertiary/aromatic N) is 3. The average Bonchev–Trinajstić information content (AvgIpc) is 3.12. The summed E-state index contributed by atoms with van der Waals surface area (Å²) in [4.78, 5) is 22.4. The Bertz CT molecular complexity index is 1010. The van der Waals surface area contributed by atoms with Crippen molar-refractivity contribution in [3.63, 3.8) is 0 Å². The Morgan fingerprint density at radius 1 is 1.29 bits per heavy atom. The van der Waals surface area contributed by atoms with Crippen molar-refractivity contribution in [2.24, 2.45) is 0 Å². The van der Waals surface area contributed by atoms with Crippen LogP contribution in [0.1, 0.15) is 28.8 Å². The van der Waals surface area contributed by atoms with Gasteiger partial charge in [0.1, 0.15) is 5.76 Å². The molecule has 0 saturated carbocycles. The van der Waals surface area contributed by atoms with E-state index in [1.54, 1.807) is 6.07 Å². The number of hydrogen-bond donors (Lipinski definition) is 1. The summed E-state index contributed by atoms with van der Waals surface area (Å²) < 4.78 is 52.2. The molecule has 0 radical (unpaired) electrons. The third-order valence-electron chi connectivity index (χ3n) is 5.12. The van der Waals surface area contributed by atoms with Crippen molar-refractivity contribution >= 4 is 23.2 Å². The topological polar surface area (TPSA) is 76.6 Å². The van der Waals surface area contributed by atoms with Crippen LogP contribution in [0.3, 0.4) is 0 Å². The highest BCUT2D eigenvalue weighted by atomic mass is 19.2. The van der Waals surface area contributed by atoms with Crippen LogP contribution < -0.4 is 15.0 Å². The van der Waals surface area contributed by atoms with Crippen molar-refractivity contribution in [2.75, 3.05) is 37.0 Å². The summed E-state index contributed by atoms with van der Waals surface area (Å²) in [5.41, 5.74) is 0.710. The quantitative estimate of drug-likeness (QED) is 0.776. The third kappa shape index (κ3) is 4.28. The molecule has 0 spiro atoms. The predicted octanol–water partition coefficient (Wildman–Crippen LogP) is 3.52. The second-order valence-electron chi connectivity index (χ2n) is 7.22. The molecule has 4 rings (SSSR count). The Balaban J connectivity index is 1.72. The van der Waals surface area contributed by atoms with Gasteiger partial charge in [-0.15, -0.1) is 0 Å². The largest absolute Gasteiger partial charge is 0.493 e. The zero-order valence-electron chi connectivity index (χ0n) is 16.8. The van der Waals surface area contributed by atoms with Gasteiger partial charge in [-0.05, 0) is 31.1 Å². The van der Waals surface area contributed by atoms with Crippen LogP contribution in [0.15, 0.2) is 30.6 Å². The maximum atomic E-state index is 14.0. The summed E-state index contributed by atoms with van der Waals surface area (Å²) in [5.74, 6) is -0.934. The molecule has 1 fully saturated rings. The number of carbonyl (C=O) groups is 1. The summed E-state index contributed by atoms with van der Waals surface area (Å²) >= 11 is 0. The standard InChI is InChI=1S/C21H21F3N4O3/c1-30-21-14(22)8-12(9-26-21)20(29)27-18-13(17-4-2-3-7-31-17)5-6-25-19(18)28-10-15(23)16(24)11-28/h4-6,8-9,15-16H,2-3,7,10-11H2,1H3,(H,27,29)/t15-,16+. The highest BCUT2D eigenvalue weighted by molar-refractivity contribution is 6.07. The molecule has 10 heteroatoms. The van der Waals surface area contributed by atoms with Gasteiger partial charge in [-0.1, -0.05) is 0 Å². The number of anilines is 2. The van der Waals surface area contributed by atoms with Crippen LogP contribution in [0, 0.1) is 5.82 Å². The number of hydrogen-bond acceptors (Lipinski definition) is 6. The molecular formula is C21H21F3N4O3. The predicted molar refractivity (Wildman–Crippen MR) is 108 cm³/mol. The first-order valence-corrected chi connectivity index (χ1v) is 9.84. The van der Waals surface area contributed by atoms with Crippen molar-refractivity contribution in [2.45, 2.75) is 25.2 Å². The molecule has 2 aliphatic rings. The van der Waals surface area contributed by atoms with E-state index in [4.69, 9.17) is 9.47 Å². The number of methoxy groups -OCH3 is 1. The molecule has 31 heavy (non-hydrogen) atoms. The number of carbonyl (C=O) groups excluding carboxylic acids is 1. The molecule has 164 valence electrons. The number of pyridine rings is 2. The molecule has 0 unspecified atom stereocenters. The van der Waals surface area contributed by atoms with E-state index in [1.807, 2.05) is 6.08 Å². The first-order chi connectivity index (χ1) is 15.0. The van der Waals surface area contributed by atoms with Crippen molar-refractivity contribution in [3.8, 4) is 5.88 Å². The van der Waals surface area contributed by atoms with Crippen LogP contribution in [0.5, 0.6) is 5.88 Å². The monoisotopic (exact) mass is 434 g/mol. The lowest BCUT2D eigenvalue weighted by atomic mass is 10.1. The van der Waals surface area contributed by atoms with Gasteiger partial charge < -0.3 is 19.7 Å². The smallest absolute Gasteiger partial charge is 0.257 e. The molecule has 4 heterocycles. The molecule has 0 aliphatic carbocycles. The molecule has 2 aliphatic heterocycles. The summed E-state index contributed by atoms with van der Waals surface area (Å²) in [7, 11) is 1.27. The minimum atomic E-state index is -1.65. The van der Waals surface area contributed by atoms with Crippen LogP contribution in [-0.4, -0.2) is 55.0 Å². The number of aromatic nitrogens is 2. The van der Waals surface area contributed by atoms with E-state index < -0.39 is 24.1 Å². The van der Waals surface area contributed by atoms with Crippen LogP contribution in [0.25, 0.3) is 5.76 Å². The highest BCUT2D eigenvalue weighted by Gasteiger charge is 2.35. The van der Waals surface area contributed by atoms with Gasteiger partial charge in [-0.2, -0.15) is 0 Å². The molecule has 0 bridgehead atoms. The van der Waals surface area contributed by atoms with Crippen LogP contribution in [0.4, 0.5) is 24.7 Å². The Morgan fingerprint density at radius 2 is 2.06 bits per heavy atom. The van der Waals surface area contributed by atoms with Gasteiger partial charge in [-0.3, -0.25) is 4.79 Å². The number of rotatable bonds is 5. The van der Waals surface area contributed by atoms with E-state index in [1.165, 1.54) is 24.4 Å². The van der Waals surface area contributed by atoms with E-state index in [2.05, 4.69) is 15.3 Å². The molecule has 2 atom stereocenters. The fraction of sp³-hybridized carbons (Fsp3) is 0.381. The van der Waals surface area contributed by atoms with Gasteiger partial charge >= 0.3 is 0 Å².